The molecule has 0 radical (unpaired) electrons. The van der Waals surface area contributed by atoms with Gasteiger partial charge in [-0.1, -0.05) is 11.6 Å². The van der Waals surface area contributed by atoms with Crippen LogP contribution in [0.15, 0.2) is 40.9 Å². The molecule has 116 valence electrons. The Balaban J connectivity index is 2.16. The molecule has 0 aliphatic carbocycles. The van der Waals surface area contributed by atoms with Crippen LogP contribution in [-0.4, -0.2) is 12.5 Å². The highest BCUT2D eigenvalue weighted by Gasteiger charge is 2.13. The third kappa shape index (κ3) is 4.14. The molecule has 3 nitrogen and oxygen atoms in total. The smallest absolute Gasteiger partial charge is 0.387 e. The summed E-state index contributed by atoms with van der Waals surface area (Å²) in [6, 6.07) is 7.45. The number of anilines is 1. The normalized spacial score (nSPS) is 10.6. The Morgan fingerprint density at radius 3 is 2.55 bits per heavy atom. The van der Waals surface area contributed by atoms with E-state index in [9.17, 15) is 18.0 Å². The number of halogens is 5. The number of nitrogens with one attached hydrogen (secondary N) is 1. The van der Waals surface area contributed by atoms with Crippen LogP contribution >= 0.6 is 27.5 Å². The van der Waals surface area contributed by atoms with E-state index < -0.39 is 18.3 Å². The molecule has 0 atom stereocenters. The minimum Gasteiger partial charge on any atom is -0.433 e. The van der Waals surface area contributed by atoms with Gasteiger partial charge in [0.25, 0.3) is 5.91 Å². The fourth-order valence-electron chi connectivity index (χ4n) is 1.64. The summed E-state index contributed by atoms with van der Waals surface area (Å²) in [6.07, 6.45) is 0. The lowest BCUT2D eigenvalue weighted by molar-refractivity contribution is -0.0497. The Morgan fingerprint density at radius 1 is 1.23 bits per heavy atom. The highest BCUT2D eigenvalue weighted by atomic mass is 79.9. The number of alkyl halides is 2. The van der Waals surface area contributed by atoms with E-state index in [1.54, 1.807) is 0 Å². The van der Waals surface area contributed by atoms with Crippen molar-refractivity contribution < 1.29 is 22.7 Å². The molecule has 1 amide bonds. The lowest BCUT2D eigenvalue weighted by Crippen LogP contribution is -2.13. The van der Waals surface area contributed by atoms with Crippen molar-refractivity contribution in [3.8, 4) is 5.75 Å². The van der Waals surface area contributed by atoms with Crippen molar-refractivity contribution in [3.63, 3.8) is 0 Å². The molecule has 0 heterocycles. The van der Waals surface area contributed by atoms with Gasteiger partial charge in [-0.2, -0.15) is 8.78 Å². The predicted octanol–water partition coefficient (Wildman–Crippen LogP) is 5.10. The number of carbonyl (C=O) groups is 1. The van der Waals surface area contributed by atoms with Crippen molar-refractivity contribution in [1.29, 1.82) is 0 Å². The van der Waals surface area contributed by atoms with Gasteiger partial charge in [0, 0.05) is 10.2 Å². The molecule has 1 N–H and O–H groups in total. The average molecular weight is 395 g/mol. The molecule has 0 aliphatic rings. The lowest BCUT2D eigenvalue weighted by atomic mass is 10.2. The molecule has 0 saturated carbocycles. The molecule has 22 heavy (non-hydrogen) atoms. The van der Waals surface area contributed by atoms with Gasteiger partial charge in [0.2, 0.25) is 0 Å². The van der Waals surface area contributed by atoms with E-state index >= 15 is 0 Å². The van der Waals surface area contributed by atoms with E-state index in [4.69, 9.17) is 11.6 Å². The molecule has 0 aliphatic heterocycles. The average Bonchev–Trinajstić information content (AvgIpc) is 2.41. The van der Waals surface area contributed by atoms with Crippen LogP contribution in [0.3, 0.4) is 0 Å². The van der Waals surface area contributed by atoms with Crippen LogP contribution in [0.5, 0.6) is 5.75 Å². The predicted molar refractivity (Wildman–Crippen MR) is 80.1 cm³/mol. The number of ether oxygens (including phenoxy) is 1. The van der Waals surface area contributed by atoms with Crippen LogP contribution in [0, 0.1) is 5.82 Å². The van der Waals surface area contributed by atoms with Gasteiger partial charge < -0.3 is 10.1 Å². The second-order valence-electron chi connectivity index (χ2n) is 4.10. The Labute approximate surface area is 137 Å². The van der Waals surface area contributed by atoms with E-state index in [1.165, 1.54) is 24.3 Å². The number of hydrogen-bond acceptors (Lipinski definition) is 2. The van der Waals surface area contributed by atoms with Crippen LogP contribution < -0.4 is 10.1 Å². The molecular formula is C14H8BrClF3NO2. The highest BCUT2D eigenvalue weighted by molar-refractivity contribution is 9.10. The first-order valence-corrected chi connectivity index (χ1v) is 7.04. The Hall–Kier alpha value is -1.73. The summed E-state index contributed by atoms with van der Waals surface area (Å²) in [6.45, 7) is -2.99. The first-order valence-electron chi connectivity index (χ1n) is 5.87. The standard InChI is InChI=1S/C14H8BrClF3NO2/c15-10-5-7(17)1-3-9(10)13(21)20-8-2-4-12(11(16)6-8)22-14(18)19/h1-6,14H,(H,20,21). The summed E-state index contributed by atoms with van der Waals surface area (Å²) >= 11 is 8.87. The molecular weight excluding hydrogens is 387 g/mol. The number of benzene rings is 2. The van der Waals surface area contributed by atoms with Gasteiger partial charge in [-0.3, -0.25) is 4.79 Å². The lowest BCUT2D eigenvalue weighted by Gasteiger charge is -2.10. The maximum atomic E-state index is 13.0. The van der Waals surface area contributed by atoms with Crippen LogP contribution in [0.2, 0.25) is 5.02 Å². The molecule has 0 unspecified atom stereocenters. The van der Waals surface area contributed by atoms with Crippen LogP contribution in [-0.2, 0) is 0 Å². The van der Waals surface area contributed by atoms with Gasteiger partial charge in [-0.15, -0.1) is 0 Å². The summed E-state index contributed by atoms with van der Waals surface area (Å²) in [5, 5.41) is 2.45. The number of amides is 1. The van der Waals surface area contributed by atoms with Crippen LogP contribution in [0.1, 0.15) is 10.4 Å². The van der Waals surface area contributed by atoms with E-state index in [2.05, 4.69) is 26.0 Å². The molecule has 2 aromatic carbocycles. The first kappa shape index (κ1) is 16.6. The SMILES string of the molecule is O=C(Nc1ccc(OC(F)F)c(Cl)c1)c1ccc(F)cc1Br. The number of rotatable bonds is 4. The van der Waals surface area contributed by atoms with Gasteiger partial charge in [0.05, 0.1) is 10.6 Å². The van der Waals surface area contributed by atoms with E-state index in [0.717, 1.165) is 12.1 Å². The molecule has 2 aromatic rings. The quantitative estimate of drug-likeness (QED) is 0.784. The van der Waals surface area contributed by atoms with Crippen molar-refractivity contribution in [1.82, 2.24) is 0 Å². The molecule has 0 bridgehead atoms. The summed E-state index contributed by atoms with van der Waals surface area (Å²) in [5.41, 5.74) is 0.498. The van der Waals surface area contributed by atoms with E-state index in [0.29, 0.717) is 0 Å². The third-order valence-corrected chi connectivity index (χ3v) is 3.53. The van der Waals surface area contributed by atoms with Crippen LogP contribution in [0.4, 0.5) is 18.9 Å². The van der Waals surface area contributed by atoms with Crippen LogP contribution in [0.25, 0.3) is 0 Å². The number of carbonyl (C=O) groups excluding carboxylic acids is 1. The van der Waals surface area contributed by atoms with Gasteiger partial charge in [0.15, 0.2) is 0 Å². The Kier molecular flexibility index (Phi) is 5.31. The van der Waals surface area contributed by atoms with Crippen molar-refractivity contribution in [3.05, 3.63) is 57.3 Å². The summed E-state index contributed by atoms with van der Waals surface area (Å²) < 4.78 is 41.7. The largest absolute Gasteiger partial charge is 0.433 e. The zero-order chi connectivity index (χ0) is 16.3. The zero-order valence-electron chi connectivity index (χ0n) is 10.7. The molecule has 0 aromatic heterocycles. The summed E-state index contributed by atoms with van der Waals surface area (Å²) in [7, 11) is 0. The minimum atomic E-state index is -2.99. The molecule has 0 spiro atoms. The van der Waals surface area contributed by atoms with Crippen molar-refractivity contribution in [2.24, 2.45) is 0 Å². The van der Waals surface area contributed by atoms with Crippen molar-refractivity contribution >= 4 is 39.1 Å². The fraction of sp³-hybridized carbons (Fsp3) is 0.0714. The monoisotopic (exact) mass is 393 g/mol. The van der Waals surface area contributed by atoms with Gasteiger partial charge >= 0.3 is 6.61 Å². The molecule has 8 heteroatoms. The number of hydrogen-bond donors (Lipinski definition) is 1. The third-order valence-electron chi connectivity index (χ3n) is 2.58. The van der Waals surface area contributed by atoms with Gasteiger partial charge in [-0.25, -0.2) is 4.39 Å². The first-order chi connectivity index (χ1) is 10.4. The van der Waals surface area contributed by atoms with Gasteiger partial charge in [-0.05, 0) is 52.3 Å². The maximum Gasteiger partial charge on any atom is 0.387 e. The Bertz CT molecular complexity index is 712. The van der Waals surface area contributed by atoms with E-state index in [1.807, 2.05) is 0 Å². The Morgan fingerprint density at radius 2 is 1.95 bits per heavy atom. The minimum absolute atomic E-state index is 0.0729. The second kappa shape index (κ2) is 7.02. The second-order valence-corrected chi connectivity index (χ2v) is 5.36. The molecule has 0 fully saturated rings. The van der Waals surface area contributed by atoms with Gasteiger partial charge in [0.1, 0.15) is 11.6 Å². The molecule has 0 saturated heterocycles. The van der Waals surface area contributed by atoms with E-state index in [-0.39, 0.29) is 26.5 Å². The zero-order valence-corrected chi connectivity index (χ0v) is 13.1. The topological polar surface area (TPSA) is 38.3 Å². The van der Waals surface area contributed by atoms with Crippen molar-refractivity contribution in [2.45, 2.75) is 6.61 Å². The summed E-state index contributed by atoms with van der Waals surface area (Å²) in [4.78, 5) is 12.1. The molecule has 2 rings (SSSR count). The maximum absolute atomic E-state index is 13.0. The fourth-order valence-corrected chi connectivity index (χ4v) is 2.40. The van der Waals surface area contributed by atoms with Crippen molar-refractivity contribution in [2.75, 3.05) is 5.32 Å². The summed E-state index contributed by atoms with van der Waals surface area (Å²) in [5.74, 6) is -1.19. The highest BCUT2D eigenvalue weighted by Crippen LogP contribution is 2.29.